The quantitative estimate of drug-likeness (QED) is 0.351. The molecule has 1 saturated heterocycles. The highest BCUT2D eigenvalue weighted by molar-refractivity contribution is 7.91. The fraction of sp³-hybridized carbons (Fsp3) is 0.595. The van der Waals surface area contributed by atoms with Crippen LogP contribution >= 0.6 is 0 Å². The molecule has 3 N–H and O–H groups in total. The predicted octanol–water partition coefficient (Wildman–Crippen LogP) is 3.88. The first kappa shape index (κ1) is 38.2. The lowest BCUT2D eigenvalue weighted by atomic mass is 10.1. The number of aryl methyl sites for hydroxylation is 1. The van der Waals surface area contributed by atoms with Crippen molar-refractivity contribution >= 4 is 44.9 Å². The number of fused-ring (bicyclic) bond motifs is 3. The molecule has 53 heavy (non-hydrogen) atoms. The summed E-state index contributed by atoms with van der Waals surface area (Å²) >= 11 is 0. The largest absolute Gasteiger partial charge is 0.471 e. The molecule has 2 aromatic rings. The first-order chi connectivity index (χ1) is 24.9. The normalized spacial score (nSPS) is 25.9. The third-order valence-corrected chi connectivity index (χ3v) is 12.3. The van der Waals surface area contributed by atoms with Crippen molar-refractivity contribution in [3.8, 4) is 5.88 Å². The van der Waals surface area contributed by atoms with E-state index >= 15 is 0 Å². The van der Waals surface area contributed by atoms with Crippen LogP contribution in [0.3, 0.4) is 0 Å². The molecule has 0 unspecified atom stereocenters. The molecule has 1 aromatic carbocycles. The number of sulfonamides is 1. The molecular formula is C37H47FN6O8S. The summed E-state index contributed by atoms with van der Waals surface area (Å²) in [7, 11) is -4.04. The van der Waals surface area contributed by atoms with Gasteiger partial charge in [-0.25, -0.2) is 27.6 Å². The third kappa shape index (κ3) is 8.18. The minimum Gasteiger partial charge on any atom is -0.471 e. The van der Waals surface area contributed by atoms with Crippen molar-refractivity contribution in [2.75, 3.05) is 6.54 Å². The van der Waals surface area contributed by atoms with E-state index in [4.69, 9.17) is 9.47 Å². The molecule has 0 spiro atoms. The molecular weight excluding hydrogens is 708 g/mol. The predicted molar refractivity (Wildman–Crippen MR) is 191 cm³/mol. The Labute approximate surface area is 308 Å². The van der Waals surface area contributed by atoms with Gasteiger partial charge in [0, 0.05) is 18.4 Å². The number of para-hydroxylation sites is 1. The summed E-state index contributed by atoms with van der Waals surface area (Å²) in [5, 5.41) is 5.47. The Morgan fingerprint density at radius 1 is 1.15 bits per heavy atom. The van der Waals surface area contributed by atoms with Crippen LogP contribution < -0.4 is 20.1 Å². The van der Waals surface area contributed by atoms with E-state index in [2.05, 4.69) is 31.1 Å². The van der Waals surface area contributed by atoms with Gasteiger partial charge in [-0.3, -0.25) is 19.1 Å². The zero-order valence-electron chi connectivity index (χ0n) is 30.7. The second-order valence-electron chi connectivity index (χ2n) is 15.5. The van der Waals surface area contributed by atoms with Crippen LogP contribution in [-0.4, -0.2) is 87.7 Å². The molecule has 16 heteroatoms. The molecule has 3 fully saturated rings. The summed E-state index contributed by atoms with van der Waals surface area (Å²) < 4.78 is 53.8. The Balaban J connectivity index is 1.33. The number of hydrogen-bond acceptors (Lipinski definition) is 10. The van der Waals surface area contributed by atoms with Crippen molar-refractivity contribution in [2.45, 2.75) is 133 Å². The van der Waals surface area contributed by atoms with Gasteiger partial charge < -0.3 is 25.0 Å². The molecule has 2 aliphatic heterocycles. The first-order valence-corrected chi connectivity index (χ1v) is 19.7. The molecule has 4 aliphatic rings. The average Bonchev–Trinajstić information content (AvgIpc) is 3.96. The first-order valence-electron chi connectivity index (χ1n) is 18.2. The number of carbonyl (C=O) groups is 4. The zero-order chi connectivity index (χ0) is 38.3. The second-order valence-corrected chi connectivity index (χ2v) is 17.7. The fourth-order valence-corrected chi connectivity index (χ4v) is 7.96. The zero-order valence-corrected chi connectivity index (χ0v) is 31.5. The van der Waals surface area contributed by atoms with E-state index in [1.807, 2.05) is 6.92 Å². The molecule has 1 aromatic heterocycles. The molecule has 286 valence electrons. The van der Waals surface area contributed by atoms with Gasteiger partial charge in [0.2, 0.25) is 27.7 Å². The van der Waals surface area contributed by atoms with E-state index in [9.17, 15) is 32.0 Å². The van der Waals surface area contributed by atoms with Gasteiger partial charge in [-0.05, 0) is 84.4 Å². The number of aromatic nitrogens is 2. The van der Waals surface area contributed by atoms with E-state index in [0.717, 1.165) is 6.42 Å². The van der Waals surface area contributed by atoms with Gasteiger partial charge in [0.25, 0.3) is 5.91 Å². The number of amides is 4. The van der Waals surface area contributed by atoms with Gasteiger partial charge in [0.15, 0.2) is 11.4 Å². The molecule has 2 saturated carbocycles. The summed E-state index contributed by atoms with van der Waals surface area (Å²) in [6.07, 6.45) is 4.20. The summed E-state index contributed by atoms with van der Waals surface area (Å²) in [4.78, 5) is 65.7. The molecule has 14 nitrogen and oxygen atoms in total. The van der Waals surface area contributed by atoms with Crippen LogP contribution in [0.15, 0.2) is 35.6 Å². The average molecular weight is 755 g/mol. The number of nitrogens with one attached hydrogen (secondary N) is 3. The SMILES string of the molecule is CCc1nc2cccc(F)c2nc1O[C@@H]1C[C@H]2C(=O)N[C@]3(C(=O)NS(=O)(=O)C4(C)CC4)CC3=C=CCCCCC[C@H](NC(=O)OC(C)(C)C)C(=O)N2C1. The van der Waals surface area contributed by atoms with E-state index in [1.165, 1.54) is 17.0 Å². The van der Waals surface area contributed by atoms with E-state index in [0.29, 0.717) is 55.3 Å². The van der Waals surface area contributed by atoms with Crippen molar-refractivity contribution in [1.82, 2.24) is 30.2 Å². The van der Waals surface area contributed by atoms with Crippen LogP contribution in [0.4, 0.5) is 9.18 Å². The monoisotopic (exact) mass is 754 g/mol. The van der Waals surface area contributed by atoms with E-state index < -0.39 is 73.7 Å². The summed E-state index contributed by atoms with van der Waals surface area (Å²) in [6.45, 7) is 8.40. The highest BCUT2D eigenvalue weighted by Crippen LogP contribution is 2.46. The lowest BCUT2D eigenvalue weighted by Gasteiger charge is -2.30. The number of nitrogens with zero attached hydrogens (tertiary/aromatic N) is 3. The van der Waals surface area contributed by atoms with Crippen LogP contribution in [0.1, 0.15) is 98.1 Å². The number of benzene rings is 1. The maximum atomic E-state index is 14.8. The molecule has 0 bridgehead atoms. The highest BCUT2D eigenvalue weighted by Gasteiger charge is 2.61. The lowest BCUT2D eigenvalue weighted by Crippen LogP contribution is -2.58. The van der Waals surface area contributed by atoms with Gasteiger partial charge in [0.05, 0.1) is 16.8 Å². The van der Waals surface area contributed by atoms with Crippen LogP contribution in [0.25, 0.3) is 11.0 Å². The Kier molecular flexibility index (Phi) is 10.3. The van der Waals surface area contributed by atoms with Gasteiger partial charge in [0.1, 0.15) is 35.0 Å². The van der Waals surface area contributed by atoms with Crippen molar-refractivity contribution in [2.24, 2.45) is 0 Å². The Bertz CT molecular complexity index is 2000. The van der Waals surface area contributed by atoms with E-state index in [1.54, 1.807) is 39.8 Å². The Hall–Kier alpha value is -4.56. The highest BCUT2D eigenvalue weighted by atomic mass is 32.2. The van der Waals surface area contributed by atoms with E-state index in [-0.39, 0.29) is 37.2 Å². The van der Waals surface area contributed by atoms with Crippen LogP contribution in [0.5, 0.6) is 5.88 Å². The minimum atomic E-state index is -4.04. The number of alkyl carbamates (subject to hydrolysis) is 1. The molecule has 4 amide bonds. The molecule has 0 radical (unpaired) electrons. The topological polar surface area (TPSA) is 186 Å². The molecule has 4 atom stereocenters. The van der Waals surface area contributed by atoms with Crippen molar-refractivity contribution in [1.29, 1.82) is 0 Å². The molecule has 3 heterocycles. The molecule has 6 rings (SSSR count). The number of ether oxygens (including phenoxy) is 2. The maximum Gasteiger partial charge on any atom is 0.408 e. The summed E-state index contributed by atoms with van der Waals surface area (Å²) in [6, 6.07) is 2.17. The molecule has 2 aliphatic carbocycles. The number of hydrogen-bond donors (Lipinski definition) is 3. The summed E-state index contributed by atoms with van der Waals surface area (Å²) in [5.41, 5.74) is 1.81. The number of halogens is 1. The van der Waals surface area contributed by atoms with Crippen molar-refractivity contribution in [3.63, 3.8) is 0 Å². The minimum absolute atomic E-state index is 0.00653. The summed E-state index contributed by atoms with van der Waals surface area (Å²) in [5.74, 6) is -2.70. The Morgan fingerprint density at radius 3 is 2.60 bits per heavy atom. The lowest BCUT2D eigenvalue weighted by molar-refractivity contribution is -0.141. The van der Waals surface area contributed by atoms with Gasteiger partial charge in [-0.1, -0.05) is 25.8 Å². The van der Waals surface area contributed by atoms with Crippen LogP contribution in [0.2, 0.25) is 0 Å². The smallest absolute Gasteiger partial charge is 0.408 e. The van der Waals surface area contributed by atoms with Gasteiger partial charge in [-0.2, -0.15) is 0 Å². The van der Waals surface area contributed by atoms with Crippen LogP contribution in [0, 0.1) is 5.82 Å². The van der Waals surface area contributed by atoms with Crippen molar-refractivity contribution in [3.05, 3.63) is 47.1 Å². The maximum absolute atomic E-state index is 14.8. The Morgan fingerprint density at radius 2 is 1.91 bits per heavy atom. The van der Waals surface area contributed by atoms with Crippen molar-refractivity contribution < 1.29 is 41.5 Å². The van der Waals surface area contributed by atoms with Gasteiger partial charge in [-0.15, -0.1) is 5.73 Å². The number of carbonyl (C=O) groups excluding carboxylic acids is 4. The fourth-order valence-electron chi connectivity index (χ4n) is 6.66. The second kappa shape index (κ2) is 14.3. The van der Waals surface area contributed by atoms with Gasteiger partial charge >= 0.3 is 6.09 Å². The standard InChI is InChI=1S/C37H47FN6O8S/c1-6-25-31(41-29-24(38)14-12-16-26(29)39-25)51-23-19-28-30(45)42-37(33(47)43-53(49,50)36(5)17-18-36)20-22(37)13-10-8-7-9-11-15-27(32(46)44(28)21-23)40-34(48)52-35(2,3)4/h10,12,14,16,23,27-28H,6-9,11,15,17-21H2,1-5H3,(H,40,48)(H,42,45)(H,43,47)/t13?,23-,27+,28+,37-/m1/s1. The van der Waals surface area contributed by atoms with Crippen LogP contribution in [-0.2, 0) is 35.6 Å². The number of rotatable bonds is 7. The third-order valence-electron chi connectivity index (χ3n) is 10.1.